The Hall–Kier alpha value is -1.14. The lowest BCUT2D eigenvalue weighted by molar-refractivity contribution is 0.0983. The van der Waals surface area contributed by atoms with E-state index in [4.69, 9.17) is 0 Å². The monoisotopic (exact) mass is 508 g/mol. The zero-order valence-electron chi connectivity index (χ0n) is 21.7. The Morgan fingerprint density at radius 1 is 0.588 bits per heavy atom. The van der Waals surface area contributed by atoms with Crippen LogP contribution >= 0.6 is 23.9 Å². The molecule has 0 saturated heterocycles. The summed E-state index contributed by atoms with van der Waals surface area (Å²) in [5, 5.41) is 0. The Kier molecular flexibility index (Phi) is 20.3. The Bertz CT molecular complexity index is 604. The van der Waals surface area contributed by atoms with Crippen LogP contribution in [0.4, 0.5) is 0 Å². The van der Waals surface area contributed by atoms with Gasteiger partial charge in [0.2, 0.25) is 0 Å². The smallest absolute Gasteiger partial charge is 0.261 e. The lowest BCUT2D eigenvalue weighted by atomic mass is 10.1. The summed E-state index contributed by atoms with van der Waals surface area (Å²) in [7, 11) is 0. The number of carbonyl (C=O) groups is 2. The third kappa shape index (κ3) is 16.5. The molecule has 194 valence electrons. The van der Waals surface area contributed by atoms with E-state index in [1.54, 1.807) is 24.3 Å². The average molecular weight is 509 g/mol. The average Bonchev–Trinajstić information content (AvgIpc) is 2.86. The lowest BCUT2D eigenvalue weighted by Gasteiger charge is -2.08. The molecule has 2 N–H and O–H groups in total. The molecule has 0 bridgehead atoms. The fraction of sp³-hybridized carbons (Fsp3) is 0.714. The number of rotatable bonds is 22. The summed E-state index contributed by atoms with van der Waals surface area (Å²) < 4.78 is 5.82. The predicted octanol–water partition coefficient (Wildman–Crippen LogP) is 8.72. The van der Waals surface area contributed by atoms with Crippen molar-refractivity contribution in [2.24, 2.45) is 0 Å². The first kappa shape index (κ1) is 30.9. The van der Waals surface area contributed by atoms with Crippen LogP contribution in [0.15, 0.2) is 24.3 Å². The van der Waals surface area contributed by atoms with Crippen molar-refractivity contribution in [2.75, 3.05) is 11.5 Å². The quantitative estimate of drug-likeness (QED) is 0.121. The second-order valence-corrected chi connectivity index (χ2v) is 10.9. The SMILES string of the molecule is CCCCCCCCCCSNC(=O)c1cccc(C(=O)NSCCCCCCCCCC)c1. The van der Waals surface area contributed by atoms with Gasteiger partial charge >= 0.3 is 0 Å². The standard InChI is InChI=1S/C28H48N2O2S2/c1-3-5-7-9-11-13-15-17-22-33-29-27(31)25-20-19-21-26(24-25)28(32)30-34-23-18-16-14-12-10-8-6-4-2/h19-21,24H,3-18,22-23H2,1-2H3,(H,29,31)(H,30,32). The molecule has 0 aliphatic carbocycles. The van der Waals surface area contributed by atoms with Gasteiger partial charge in [0, 0.05) is 22.6 Å². The summed E-state index contributed by atoms with van der Waals surface area (Å²) in [6.45, 7) is 4.49. The number of hydrogen-bond acceptors (Lipinski definition) is 4. The van der Waals surface area contributed by atoms with Crippen molar-refractivity contribution in [3.05, 3.63) is 35.4 Å². The molecule has 0 heterocycles. The number of nitrogens with one attached hydrogen (secondary N) is 2. The van der Waals surface area contributed by atoms with Crippen LogP contribution in [0.1, 0.15) is 137 Å². The van der Waals surface area contributed by atoms with E-state index in [2.05, 4.69) is 23.3 Å². The Morgan fingerprint density at radius 3 is 1.32 bits per heavy atom. The van der Waals surface area contributed by atoms with E-state index in [1.165, 1.54) is 114 Å². The van der Waals surface area contributed by atoms with Gasteiger partial charge in [0.15, 0.2) is 0 Å². The van der Waals surface area contributed by atoms with E-state index in [-0.39, 0.29) is 11.8 Å². The van der Waals surface area contributed by atoms with Crippen LogP contribution in [0.25, 0.3) is 0 Å². The van der Waals surface area contributed by atoms with Gasteiger partial charge in [-0.1, -0.05) is 134 Å². The maximum Gasteiger partial charge on any atom is 0.261 e. The van der Waals surface area contributed by atoms with Crippen LogP contribution in [-0.4, -0.2) is 23.3 Å². The summed E-state index contributed by atoms with van der Waals surface area (Å²) in [5.41, 5.74) is 1.06. The summed E-state index contributed by atoms with van der Waals surface area (Å²) in [4.78, 5) is 24.9. The van der Waals surface area contributed by atoms with Crippen molar-refractivity contribution in [1.82, 2.24) is 9.44 Å². The Morgan fingerprint density at radius 2 is 0.941 bits per heavy atom. The van der Waals surface area contributed by atoms with Crippen LogP contribution in [0.2, 0.25) is 0 Å². The van der Waals surface area contributed by atoms with E-state index >= 15 is 0 Å². The molecule has 0 atom stereocenters. The molecular weight excluding hydrogens is 460 g/mol. The van der Waals surface area contributed by atoms with Crippen LogP contribution in [0.3, 0.4) is 0 Å². The first-order chi connectivity index (χ1) is 16.7. The predicted molar refractivity (Wildman–Crippen MR) is 152 cm³/mol. The fourth-order valence-electron chi connectivity index (χ4n) is 3.77. The highest BCUT2D eigenvalue weighted by Crippen LogP contribution is 2.13. The van der Waals surface area contributed by atoms with Gasteiger partial charge in [-0.15, -0.1) is 0 Å². The van der Waals surface area contributed by atoms with Gasteiger partial charge in [0.05, 0.1) is 0 Å². The van der Waals surface area contributed by atoms with Crippen LogP contribution in [-0.2, 0) is 0 Å². The first-order valence-electron chi connectivity index (χ1n) is 13.6. The van der Waals surface area contributed by atoms with E-state index < -0.39 is 0 Å². The summed E-state index contributed by atoms with van der Waals surface area (Å²) in [6, 6.07) is 6.97. The van der Waals surface area contributed by atoms with Gasteiger partial charge < -0.3 is 0 Å². The van der Waals surface area contributed by atoms with Crippen molar-refractivity contribution in [3.63, 3.8) is 0 Å². The van der Waals surface area contributed by atoms with Gasteiger partial charge in [-0.3, -0.25) is 19.0 Å². The van der Waals surface area contributed by atoms with Crippen LogP contribution < -0.4 is 9.44 Å². The number of unbranched alkanes of at least 4 members (excludes halogenated alkanes) is 14. The molecule has 0 aromatic heterocycles. The molecule has 6 heteroatoms. The molecule has 1 rings (SSSR count). The second kappa shape index (κ2) is 22.3. The number of benzene rings is 1. The molecule has 1 aromatic carbocycles. The highest BCUT2D eigenvalue weighted by Gasteiger charge is 2.10. The van der Waals surface area contributed by atoms with Crippen molar-refractivity contribution >= 4 is 35.7 Å². The minimum atomic E-state index is -0.134. The van der Waals surface area contributed by atoms with Gasteiger partial charge in [-0.2, -0.15) is 0 Å². The topological polar surface area (TPSA) is 58.2 Å². The minimum absolute atomic E-state index is 0.134. The van der Waals surface area contributed by atoms with Crippen molar-refractivity contribution in [3.8, 4) is 0 Å². The van der Waals surface area contributed by atoms with Gasteiger partial charge in [-0.25, -0.2) is 0 Å². The van der Waals surface area contributed by atoms with Crippen LogP contribution in [0.5, 0.6) is 0 Å². The maximum absolute atomic E-state index is 12.4. The number of amides is 2. The summed E-state index contributed by atoms with van der Waals surface area (Å²) >= 11 is 2.93. The van der Waals surface area contributed by atoms with Gasteiger partial charge in [0.25, 0.3) is 11.8 Å². The largest absolute Gasteiger partial charge is 0.296 e. The van der Waals surface area contributed by atoms with Crippen molar-refractivity contribution < 1.29 is 9.59 Å². The molecule has 34 heavy (non-hydrogen) atoms. The molecule has 0 aliphatic rings. The molecule has 0 aliphatic heterocycles. The zero-order chi connectivity index (χ0) is 24.7. The summed E-state index contributed by atoms with van der Waals surface area (Å²) in [5.74, 6) is 1.59. The van der Waals surface area contributed by atoms with Gasteiger partial charge in [0.1, 0.15) is 0 Å². The molecule has 4 nitrogen and oxygen atoms in total. The van der Waals surface area contributed by atoms with Crippen molar-refractivity contribution in [2.45, 2.75) is 117 Å². The van der Waals surface area contributed by atoms with E-state index in [0.29, 0.717) is 11.1 Å². The van der Waals surface area contributed by atoms with Crippen molar-refractivity contribution in [1.29, 1.82) is 0 Å². The molecule has 2 amide bonds. The Balaban J connectivity index is 2.13. The van der Waals surface area contributed by atoms with E-state index in [1.807, 2.05) is 0 Å². The molecule has 0 radical (unpaired) electrons. The highest BCUT2D eigenvalue weighted by atomic mass is 32.2. The summed E-state index contributed by atoms with van der Waals surface area (Å²) in [6.07, 6.45) is 20.6. The highest BCUT2D eigenvalue weighted by molar-refractivity contribution is 7.98. The number of carbonyl (C=O) groups excluding carboxylic acids is 2. The maximum atomic E-state index is 12.4. The van der Waals surface area contributed by atoms with Gasteiger partial charge in [-0.05, 0) is 31.0 Å². The Labute approximate surface area is 217 Å². The van der Waals surface area contributed by atoms with E-state index in [0.717, 1.165) is 24.3 Å². The zero-order valence-corrected chi connectivity index (χ0v) is 23.3. The lowest BCUT2D eigenvalue weighted by Crippen LogP contribution is -2.19. The third-order valence-electron chi connectivity index (χ3n) is 5.92. The fourth-order valence-corrected chi connectivity index (χ4v) is 5.17. The first-order valence-corrected chi connectivity index (χ1v) is 15.6. The molecule has 0 unspecified atom stereocenters. The third-order valence-corrected chi connectivity index (χ3v) is 7.56. The normalized spacial score (nSPS) is 10.9. The molecule has 0 spiro atoms. The molecule has 1 aromatic rings. The molecule has 0 saturated carbocycles. The van der Waals surface area contributed by atoms with Crippen LogP contribution in [0, 0.1) is 0 Å². The minimum Gasteiger partial charge on any atom is -0.296 e. The van der Waals surface area contributed by atoms with E-state index in [9.17, 15) is 9.59 Å². The number of hydrogen-bond donors (Lipinski definition) is 2. The second-order valence-electron chi connectivity index (χ2n) is 9.09. The molecule has 0 fully saturated rings. The molecular formula is C28H48N2O2S2.